The van der Waals surface area contributed by atoms with Crippen LogP contribution in [-0.4, -0.2) is 16.0 Å². The Morgan fingerprint density at radius 2 is 1.88 bits per heavy atom. The molecule has 0 radical (unpaired) electrons. The van der Waals surface area contributed by atoms with Crippen molar-refractivity contribution in [3.8, 4) is 0 Å². The van der Waals surface area contributed by atoms with Crippen molar-refractivity contribution in [2.75, 3.05) is 5.75 Å². The predicted molar refractivity (Wildman–Crippen MR) is 76.2 cm³/mol. The Balaban J connectivity index is 1.78. The number of nitrogens with zero attached hydrogens (tertiary/aromatic N) is 2. The number of aromatic nitrogens is 2. The van der Waals surface area contributed by atoms with E-state index < -0.39 is 0 Å². The highest BCUT2D eigenvalue weighted by Crippen LogP contribution is 2.32. The van der Waals surface area contributed by atoms with E-state index in [1.807, 2.05) is 10.8 Å². The van der Waals surface area contributed by atoms with Crippen molar-refractivity contribution in [1.82, 2.24) is 10.2 Å². The SMILES string of the molecule is CCCCCCCCCSSc1nncs1. The van der Waals surface area contributed by atoms with Crippen molar-refractivity contribution < 1.29 is 0 Å². The summed E-state index contributed by atoms with van der Waals surface area (Å²) >= 11 is 1.62. The maximum absolute atomic E-state index is 3.99. The largest absolute Gasteiger partial charge is 0.184 e. The number of hydrogen-bond acceptors (Lipinski definition) is 5. The fourth-order valence-corrected chi connectivity index (χ4v) is 4.35. The first kappa shape index (κ1) is 14.3. The zero-order valence-corrected chi connectivity index (χ0v) is 12.3. The standard InChI is InChI=1S/C11H20N2S3/c1-2-3-4-5-6-7-8-9-15-16-11-13-12-10-14-11/h10H,2-9H2,1H3. The molecule has 0 aliphatic rings. The molecule has 1 rings (SSSR count). The van der Waals surface area contributed by atoms with Crippen LogP contribution in [0.2, 0.25) is 0 Å². The summed E-state index contributed by atoms with van der Waals surface area (Å²) in [5.74, 6) is 1.23. The van der Waals surface area contributed by atoms with Gasteiger partial charge in [-0.05, 0) is 17.2 Å². The highest BCUT2D eigenvalue weighted by molar-refractivity contribution is 8.77. The van der Waals surface area contributed by atoms with Gasteiger partial charge in [0.1, 0.15) is 5.51 Å². The van der Waals surface area contributed by atoms with E-state index in [1.165, 1.54) is 50.7 Å². The Hall–Kier alpha value is 0.260. The van der Waals surface area contributed by atoms with Crippen LogP contribution in [0.5, 0.6) is 0 Å². The predicted octanol–water partition coefficient (Wildman–Crippen LogP) is 5.03. The highest BCUT2D eigenvalue weighted by Gasteiger charge is 1.97. The molecule has 1 aromatic heterocycles. The summed E-state index contributed by atoms with van der Waals surface area (Å²) in [7, 11) is 3.66. The van der Waals surface area contributed by atoms with Crippen molar-refractivity contribution in [1.29, 1.82) is 0 Å². The highest BCUT2D eigenvalue weighted by atomic mass is 33.1. The Morgan fingerprint density at radius 3 is 2.56 bits per heavy atom. The smallest absolute Gasteiger partial charge is 0.146 e. The van der Waals surface area contributed by atoms with E-state index in [2.05, 4.69) is 17.1 Å². The van der Waals surface area contributed by atoms with Gasteiger partial charge in [0.25, 0.3) is 0 Å². The second-order valence-electron chi connectivity index (χ2n) is 3.73. The van der Waals surface area contributed by atoms with Crippen LogP contribution >= 0.6 is 32.9 Å². The van der Waals surface area contributed by atoms with Gasteiger partial charge >= 0.3 is 0 Å². The second kappa shape index (κ2) is 10.4. The summed E-state index contributed by atoms with van der Waals surface area (Å²) in [5.41, 5.74) is 1.79. The summed E-state index contributed by atoms with van der Waals surface area (Å²) < 4.78 is 1.08. The van der Waals surface area contributed by atoms with E-state index in [-0.39, 0.29) is 0 Å². The molecule has 92 valence electrons. The Kier molecular flexibility index (Phi) is 9.32. The third-order valence-electron chi connectivity index (χ3n) is 2.30. The summed E-state index contributed by atoms with van der Waals surface area (Å²) in [6.45, 7) is 2.27. The third kappa shape index (κ3) is 7.52. The molecule has 0 fully saturated rings. The third-order valence-corrected chi connectivity index (χ3v) is 5.76. The average molecular weight is 276 g/mol. The fourth-order valence-electron chi connectivity index (χ4n) is 1.41. The van der Waals surface area contributed by atoms with Gasteiger partial charge in [-0.25, -0.2) is 0 Å². The van der Waals surface area contributed by atoms with Crippen LogP contribution in [0.3, 0.4) is 0 Å². The van der Waals surface area contributed by atoms with E-state index in [0.717, 1.165) is 4.34 Å². The van der Waals surface area contributed by atoms with E-state index in [4.69, 9.17) is 0 Å². The Morgan fingerprint density at radius 1 is 1.12 bits per heavy atom. The molecule has 5 heteroatoms. The first-order valence-electron chi connectivity index (χ1n) is 5.99. The molecule has 1 heterocycles. The van der Waals surface area contributed by atoms with Gasteiger partial charge in [-0.2, -0.15) is 0 Å². The van der Waals surface area contributed by atoms with E-state index >= 15 is 0 Å². The molecule has 1 aromatic rings. The first-order valence-corrected chi connectivity index (χ1v) is 9.19. The lowest BCUT2D eigenvalue weighted by Gasteiger charge is -2.00. The van der Waals surface area contributed by atoms with Crippen molar-refractivity contribution in [2.45, 2.75) is 56.2 Å². The number of rotatable bonds is 10. The van der Waals surface area contributed by atoms with Crippen LogP contribution in [0.4, 0.5) is 0 Å². The molecule has 0 saturated heterocycles. The molecule has 0 N–H and O–H groups in total. The van der Waals surface area contributed by atoms with Gasteiger partial charge < -0.3 is 0 Å². The van der Waals surface area contributed by atoms with Crippen molar-refractivity contribution in [2.24, 2.45) is 0 Å². The zero-order chi connectivity index (χ0) is 11.5. The summed E-state index contributed by atoms with van der Waals surface area (Å²) in [6, 6.07) is 0. The normalized spacial score (nSPS) is 10.8. The quantitative estimate of drug-likeness (QED) is 0.442. The number of unbranched alkanes of at least 4 members (excludes halogenated alkanes) is 6. The van der Waals surface area contributed by atoms with Gasteiger partial charge in [0.2, 0.25) is 0 Å². The van der Waals surface area contributed by atoms with E-state index in [9.17, 15) is 0 Å². The van der Waals surface area contributed by atoms with Crippen molar-refractivity contribution >= 4 is 32.9 Å². The lowest BCUT2D eigenvalue weighted by atomic mass is 10.1. The molecule has 0 unspecified atom stereocenters. The number of hydrogen-bond donors (Lipinski definition) is 0. The van der Waals surface area contributed by atoms with Gasteiger partial charge in [-0.3, -0.25) is 0 Å². The van der Waals surface area contributed by atoms with Gasteiger partial charge in [0, 0.05) is 5.75 Å². The topological polar surface area (TPSA) is 25.8 Å². The molecule has 0 spiro atoms. The molecule has 0 atom stereocenters. The van der Waals surface area contributed by atoms with Gasteiger partial charge in [-0.1, -0.05) is 67.6 Å². The molecular weight excluding hydrogens is 256 g/mol. The lowest BCUT2D eigenvalue weighted by Crippen LogP contribution is -1.81. The maximum Gasteiger partial charge on any atom is 0.184 e. The second-order valence-corrected chi connectivity index (χ2v) is 7.23. The fraction of sp³-hybridized carbons (Fsp3) is 0.818. The Labute approximate surface area is 110 Å². The molecule has 0 aliphatic heterocycles. The molecule has 0 amide bonds. The molecule has 0 saturated carbocycles. The zero-order valence-electron chi connectivity index (χ0n) is 9.85. The monoisotopic (exact) mass is 276 g/mol. The van der Waals surface area contributed by atoms with Crippen molar-refractivity contribution in [3.05, 3.63) is 5.51 Å². The molecular formula is C11H20N2S3. The minimum absolute atomic E-state index is 1.08. The minimum Gasteiger partial charge on any atom is -0.146 e. The van der Waals surface area contributed by atoms with Crippen LogP contribution in [0, 0.1) is 0 Å². The lowest BCUT2D eigenvalue weighted by molar-refractivity contribution is 0.604. The van der Waals surface area contributed by atoms with Crippen LogP contribution in [-0.2, 0) is 0 Å². The van der Waals surface area contributed by atoms with Crippen LogP contribution in [0.25, 0.3) is 0 Å². The molecule has 0 aliphatic carbocycles. The molecule has 0 aromatic carbocycles. The molecule has 2 nitrogen and oxygen atoms in total. The average Bonchev–Trinajstić information content (AvgIpc) is 2.80. The van der Waals surface area contributed by atoms with Crippen LogP contribution in [0.15, 0.2) is 9.85 Å². The van der Waals surface area contributed by atoms with Gasteiger partial charge in [-0.15, -0.1) is 10.2 Å². The first-order chi connectivity index (χ1) is 7.93. The van der Waals surface area contributed by atoms with Crippen LogP contribution in [0.1, 0.15) is 51.9 Å². The molecule has 0 bridgehead atoms. The molecule has 16 heavy (non-hydrogen) atoms. The van der Waals surface area contributed by atoms with E-state index in [1.54, 1.807) is 27.6 Å². The summed E-state index contributed by atoms with van der Waals surface area (Å²) in [5, 5.41) is 7.81. The maximum atomic E-state index is 3.99. The van der Waals surface area contributed by atoms with Crippen LogP contribution < -0.4 is 0 Å². The van der Waals surface area contributed by atoms with Gasteiger partial charge in [0.05, 0.1) is 0 Å². The Bertz CT molecular complexity index is 239. The summed E-state index contributed by atoms with van der Waals surface area (Å²) in [4.78, 5) is 0. The van der Waals surface area contributed by atoms with Gasteiger partial charge in [0.15, 0.2) is 4.34 Å². The van der Waals surface area contributed by atoms with E-state index in [0.29, 0.717) is 0 Å². The van der Waals surface area contributed by atoms with Crippen molar-refractivity contribution in [3.63, 3.8) is 0 Å². The minimum atomic E-state index is 1.08. The summed E-state index contributed by atoms with van der Waals surface area (Å²) in [6.07, 6.45) is 9.71.